The second-order valence-corrected chi connectivity index (χ2v) is 3.25. The van der Waals surface area contributed by atoms with Crippen molar-refractivity contribution in [3.63, 3.8) is 0 Å². The molecule has 0 saturated carbocycles. The summed E-state index contributed by atoms with van der Waals surface area (Å²) in [5.41, 5.74) is 2.78. The summed E-state index contributed by atoms with van der Waals surface area (Å²) in [6.45, 7) is 4.81. The van der Waals surface area contributed by atoms with Gasteiger partial charge < -0.3 is 10.1 Å². The Morgan fingerprint density at radius 1 is 1.46 bits per heavy atom. The van der Waals surface area contributed by atoms with Crippen LogP contribution in [0.4, 0.5) is 0 Å². The van der Waals surface area contributed by atoms with E-state index in [2.05, 4.69) is 23.5 Å². The zero-order valence-corrected chi connectivity index (χ0v) is 7.97. The number of fused-ring (bicyclic) bond motifs is 1. The maximum Gasteiger partial charge on any atom is 0.124 e. The van der Waals surface area contributed by atoms with E-state index in [9.17, 15) is 0 Å². The van der Waals surface area contributed by atoms with Crippen molar-refractivity contribution in [2.45, 2.75) is 19.9 Å². The van der Waals surface area contributed by atoms with Crippen LogP contribution in [0.25, 0.3) is 0 Å². The number of ether oxygens (including phenoxy) is 1. The molecule has 1 heterocycles. The minimum absolute atomic E-state index is 0.746. The Labute approximate surface area is 78.9 Å². The first-order valence-electron chi connectivity index (χ1n) is 4.86. The molecule has 1 aliphatic heterocycles. The SMILES string of the molecule is CCOc1cccc2c1CNCC2. The fraction of sp³-hybridized carbons (Fsp3) is 0.455. The van der Waals surface area contributed by atoms with Crippen molar-refractivity contribution >= 4 is 0 Å². The van der Waals surface area contributed by atoms with Gasteiger partial charge in [0.25, 0.3) is 0 Å². The Kier molecular flexibility index (Phi) is 2.50. The molecule has 13 heavy (non-hydrogen) atoms. The van der Waals surface area contributed by atoms with Gasteiger partial charge in [-0.05, 0) is 31.5 Å². The van der Waals surface area contributed by atoms with Crippen LogP contribution in [0.2, 0.25) is 0 Å². The zero-order valence-electron chi connectivity index (χ0n) is 7.97. The van der Waals surface area contributed by atoms with Crippen molar-refractivity contribution in [2.75, 3.05) is 13.2 Å². The predicted octanol–water partition coefficient (Wildman–Crippen LogP) is 1.73. The molecule has 0 fully saturated rings. The van der Waals surface area contributed by atoms with Gasteiger partial charge in [-0.2, -0.15) is 0 Å². The highest BCUT2D eigenvalue weighted by atomic mass is 16.5. The molecule has 70 valence electrons. The van der Waals surface area contributed by atoms with E-state index in [-0.39, 0.29) is 0 Å². The topological polar surface area (TPSA) is 21.3 Å². The van der Waals surface area contributed by atoms with E-state index >= 15 is 0 Å². The number of nitrogens with one attached hydrogen (secondary N) is 1. The summed E-state index contributed by atoms with van der Waals surface area (Å²) < 4.78 is 5.56. The predicted molar refractivity (Wildman–Crippen MR) is 53.0 cm³/mol. The summed E-state index contributed by atoms with van der Waals surface area (Å²) in [5, 5.41) is 3.36. The van der Waals surface area contributed by atoms with Crippen LogP contribution in [-0.4, -0.2) is 13.2 Å². The van der Waals surface area contributed by atoms with E-state index in [1.807, 2.05) is 6.92 Å². The molecule has 0 unspecified atom stereocenters. The molecule has 0 aromatic heterocycles. The van der Waals surface area contributed by atoms with Gasteiger partial charge >= 0.3 is 0 Å². The fourth-order valence-corrected chi connectivity index (χ4v) is 1.77. The molecule has 0 aliphatic carbocycles. The van der Waals surface area contributed by atoms with Crippen LogP contribution in [0.15, 0.2) is 18.2 Å². The Morgan fingerprint density at radius 2 is 2.38 bits per heavy atom. The summed E-state index contributed by atoms with van der Waals surface area (Å²) in [6.07, 6.45) is 1.12. The van der Waals surface area contributed by atoms with Gasteiger partial charge in [-0.15, -0.1) is 0 Å². The third-order valence-corrected chi connectivity index (χ3v) is 2.40. The van der Waals surface area contributed by atoms with Crippen molar-refractivity contribution < 1.29 is 4.74 Å². The molecular weight excluding hydrogens is 162 g/mol. The summed E-state index contributed by atoms with van der Waals surface area (Å²) in [5.74, 6) is 1.05. The van der Waals surface area contributed by atoms with E-state index in [0.717, 1.165) is 31.9 Å². The Balaban J connectivity index is 2.34. The van der Waals surface area contributed by atoms with Gasteiger partial charge in [0.1, 0.15) is 5.75 Å². The summed E-state index contributed by atoms with van der Waals surface area (Å²) in [7, 11) is 0. The normalized spacial score (nSPS) is 15.2. The van der Waals surface area contributed by atoms with Crippen molar-refractivity contribution in [2.24, 2.45) is 0 Å². The maximum absolute atomic E-state index is 5.56. The van der Waals surface area contributed by atoms with E-state index in [1.165, 1.54) is 11.1 Å². The van der Waals surface area contributed by atoms with Gasteiger partial charge in [0.2, 0.25) is 0 Å². The summed E-state index contributed by atoms with van der Waals surface area (Å²) in [4.78, 5) is 0. The first-order chi connectivity index (χ1) is 6.42. The quantitative estimate of drug-likeness (QED) is 0.742. The lowest BCUT2D eigenvalue weighted by atomic mass is 10.0. The standard InChI is InChI=1S/C11H15NO/c1-2-13-11-5-3-4-9-6-7-12-8-10(9)11/h3-5,12H,2,6-8H2,1H3. The third kappa shape index (κ3) is 1.68. The molecule has 0 bridgehead atoms. The van der Waals surface area contributed by atoms with Gasteiger partial charge in [0.15, 0.2) is 0 Å². The third-order valence-electron chi connectivity index (χ3n) is 2.40. The fourth-order valence-electron chi connectivity index (χ4n) is 1.77. The molecule has 0 saturated heterocycles. The molecule has 2 heteroatoms. The Morgan fingerprint density at radius 3 is 3.23 bits per heavy atom. The van der Waals surface area contributed by atoms with Crippen LogP contribution in [-0.2, 0) is 13.0 Å². The van der Waals surface area contributed by atoms with E-state index in [1.54, 1.807) is 0 Å². The minimum Gasteiger partial charge on any atom is -0.494 e. The van der Waals surface area contributed by atoms with Crippen molar-refractivity contribution in [1.29, 1.82) is 0 Å². The molecule has 0 radical (unpaired) electrons. The van der Waals surface area contributed by atoms with Gasteiger partial charge in [-0.3, -0.25) is 0 Å². The molecule has 2 nitrogen and oxygen atoms in total. The molecule has 2 rings (SSSR count). The first kappa shape index (κ1) is 8.57. The largest absolute Gasteiger partial charge is 0.494 e. The van der Waals surface area contributed by atoms with Crippen LogP contribution in [0.1, 0.15) is 18.1 Å². The first-order valence-corrected chi connectivity index (χ1v) is 4.86. The van der Waals surface area contributed by atoms with Crippen LogP contribution >= 0.6 is 0 Å². The Bertz CT molecular complexity index is 296. The van der Waals surface area contributed by atoms with E-state index in [0.29, 0.717) is 0 Å². The number of hydrogen-bond donors (Lipinski definition) is 1. The molecule has 1 aromatic carbocycles. The van der Waals surface area contributed by atoms with E-state index in [4.69, 9.17) is 4.74 Å². The summed E-state index contributed by atoms with van der Waals surface area (Å²) >= 11 is 0. The average Bonchev–Trinajstić information content (AvgIpc) is 2.19. The van der Waals surface area contributed by atoms with Crippen LogP contribution in [0.5, 0.6) is 5.75 Å². The van der Waals surface area contributed by atoms with Crippen molar-refractivity contribution in [3.8, 4) is 5.75 Å². The van der Waals surface area contributed by atoms with Gasteiger partial charge in [0.05, 0.1) is 6.61 Å². The smallest absolute Gasteiger partial charge is 0.124 e. The van der Waals surface area contributed by atoms with Crippen LogP contribution < -0.4 is 10.1 Å². The van der Waals surface area contributed by atoms with Crippen LogP contribution in [0, 0.1) is 0 Å². The molecule has 0 amide bonds. The second-order valence-electron chi connectivity index (χ2n) is 3.25. The molecule has 0 atom stereocenters. The number of rotatable bonds is 2. The van der Waals surface area contributed by atoms with Crippen molar-refractivity contribution in [3.05, 3.63) is 29.3 Å². The van der Waals surface area contributed by atoms with Gasteiger partial charge in [-0.25, -0.2) is 0 Å². The zero-order chi connectivity index (χ0) is 9.10. The van der Waals surface area contributed by atoms with E-state index < -0.39 is 0 Å². The average molecular weight is 177 g/mol. The highest BCUT2D eigenvalue weighted by Gasteiger charge is 2.12. The Hall–Kier alpha value is -1.02. The van der Waals surface area contributed by atoms with Crippen LogP contribution in [0.3, 0.4) is 0 Å². The molecular formula is C11H15NO. The minimum atomic E-state index is 0.746. The van der Waals surface area contributed by atoms with Crippen molar-refractivity contribution in [1.82, 2.24) is 5.32 Å². The number of hydrogen-bond acceptors (Lipinski definition) is 2. The second kappa shape index (κ2) is 3.79. The van der Waals surface area contributed by atoms with Gasteiger partial charge in [0, 0.05) is 12.1 Å². The number of benzene rings is 1. The molecule has 1 aliphatic rings. The molecule has 1 N–H and O–H groups in total. The highest BCUT2D eigenvalue weighted by Crippen LogP contribution is 2.24. The monoisotopic (exact) mass is 177 g/mol. The lowest BCUT2D eigenvalue weighted by Crippen LogP contribution is -2.24. The molecule has 0 spiro atoms. The molecule has 1 aromatic rings. The lowest BCUT2D eigenvalue weighted by Gasteiger charge is -2.19. The summed E-state index contributed by atoms with van der Waals surface area (Å²) in [6, 6.07) is 6.32. The highest BCUT2D eigenvalue weighted by molar-refractivity contribution is 5.41. The maximum atomic E-state index is 5.56. The lowest BCUT2D eigenvalue weighted by molar-refractivity contribution is 0.334. The van der Waals surface area contributed by atoms with Gasteiger partial charge in [-0.1, -0.05) is 12.1 Å².